The van der Waals surface area contributed by atoms with Gasteiger partial charge in [0.1, 0.15) is 0 Å². The average Bonchev–Trinajstić information content (AvgIpc) is 2.89. The van der Waals surface area contributed by atoms with Crippen molar-refractivity contribution in [1.82, 2.24) is 29.9 Å². The van der Waals surface area contributed by atoms with Crippen LogP contribution < -0.4 is 5.32 Å². The highest BCUT2D eigenvalue weighted by molar-refractivity contribution is 4.94. The molecule has 2 aromatic rings. The van der Waals surface area contributed by atoms with Crippen molar-refractivity contribution in [2.24, 2.45) is 0 Å². The monoisotopic (exact) mass is 246 g/mol. The summed E-state index contributed by atoms with van der Waals surface area (Å²) in [4.78, 5) is 4.02. The molecule has 0 spiro atoms. The zero-order valence-electron chi connectivity index (χ0n) is 10.4. The molecule has 3 rings (SSSR count). The van der Waals surface area contributed by atoms with E-state index in [4.69, 9.17) is 0 Å². The summed E-state index contributed by atoms with van der Waals surface area (Å²) in [7, 11) is 0. The van der Waals surface area contributed by atoms with Crippen LogP contribution in [0.5, 0.6) is 0 Å². The molecule has 2 heterocycles. The van der Waals surface area contributed by atoms with Gasteiger partial charge >= 0.3 is 0 Å². The molecule has 0 atom stereocenters. The van der Waals surface area contributed by atoms with Gasteiger partial charge in [0.15, 0.2) is 0 Å². The van der Waals surface area contributed by atoms with Crippen LogP contribution in [-0.4, -0.2) is 30.6 Å². The first kappa shape index (κ1) is 11.4. The lowest BCUT2D eigenvalue weighted by Gasteiger charge is -2.01. The van der Waals surface area contributed by atoms with Crippen LogP contribution in [0.25, 0.3) is 0 Å². The lowest BCUT2D eigenvalue weighted by molar-refractivity contribution is 0.514. The fraction of sp³-hybridized carbons (Fsp3) is 0.583. The van der Waals surface area contributed by atoms with E-state index in [2.05, 4.69) is 25.2 Å². The molecule has 1 aliphatic carbocycles. The summed E-state index contributed by atoms with van der Waals surface area (Å²) in [6, 6.07) is 0.719. The fourth-order valence-electron chi connectivity index (χ4n) is 1.90. The molecular weight excluding hydrogens is 228 g/mol. The maximum absolute atomic E-state index is 4.16. The summed E-state index contributed by atoms with van der Waals surface area (Å²) in [5.41, 5.74) is 1.03. The van der Waals surface area contributed by atoms with Gasteiger partial charge in [-0.1, -0.05) is 5.21 Å². The Hall–Kier alpha value is -1.69. The first-order valence-electron chi connectivity index (χ1n) is 6.48. The fourth-order valence-corrected chi connectivity index (χ4v) is 1.90. The van der Waals surface area contributed by atoms with E-state index < -0.39 is 0 Å². The van der Waals surface area contributed by atoms with Crippen molar-refractivity contribution in [3.05, 3.63) is 30.6 Å². The predicted molar refractivity (Wildman–Crippen MR) is 66.7 cm³/mol. The Morgan fingerprint density at radius 2 is 2.28 bits per heavy atom. The molecule has 18 heavy (non-hydrogen) atoms. The average molecular weight is 246 g/mol. The molecule has 0 unspecified atom stereocenters. The molecule has 0 aromatic carbocycles. The third kappa shape index (κ3) is 3.16. The van der Waals surface area contributed by atoms with E-state index in [1.54, 1.807) is 6.20 Å². The molecule has 0 amide bonds. The van der Waals surface area contributed by atoms with E-state index in [1.165, 1.54) is 12.8 Å². The molecule has 0 saturated heterocycles. The molecule has 1 aliphatic rings. The molecule has 1 saturated carbocycles. The third-order valence-corrected chi connectivity index (χ3v) is 3.10. The molecule has 0 radical (unpaired) electrons. The molecular formula is C12H18N6. The van der Waals surface area contributed by atoms with Gasteiger partial charge in [-0.25, -0.2) is 4.98 Å². The predicted octanol–water partition coefficient (Wildman–Crippen LogP) is 0.817. The van der Waals surface area contributed by atoms with Crippen molar-refractivity contribution in [1.29, 1.82) is 0 Å². The summed E-state index contributed by atoms with van der Waals surface area (Å²) < 4.78 is 3.99. The number of hydrogen-bond acceptors (Lipinski definition) is 4. The second kappa shape index (κ2) is 5.30. The summed E-state index contributed by atoms with van der Waals surface area (Å²) in [5, 5.41) is 11.7. The second-order valence-corrected chi connectivity index (χ2v) is 4.78. The Morgan fingerprint density at radius 3 is 3.06 bits per heavy atom. The van der Waals surface area contributed by atoms with Crippen LogP contribution >= 0.6 is 0 Å². The summed E-state index contributed by atoms with van der Waals surface area (Å²) in [6.07, 6.45) is 11.3. The Balaban J connectivity index is 1.41. The lowest BCUT2D eigenvalue weighted by Crippen LogP contribution is -2.15. The Bertz CT molecular complexity index is 470. The van der Waals surface area contributed by atoms with Gasteiger partial charge < -0.3 is 9.88 Å². The van der Waals surface area contributed by atoms with E-state index in [9.17, 15) is 0 Å². The molecule has 2 aromatic heterocycles. The largest absolute Gasteiger partial charge is 0.337 e. The van der Waals surface area contributed by atoms with Gasteiger partial charge in [-0.3, -0.25) is 4.68 Å². The number of imidazole rings is 1. The van der Waals surface area contributed by atoms with Gasteiger partial charge in [0.2, 0.25) is 0 Å². The van der Waals surface area contributed by atoms with E-state index in [-0.39, 0.29) is 0 Å². The first-order valence-corrected chi connectivity index (χ1v) is 6.48. The summed E-state index contributed by atoms with van der Waals surface area (Å²) in [5.74, 6) is 0. The van der Waals surface area contributed by atoms with E-state index in [0.717, 1.165) is 37.8 Å². The van der Waals surface area contributed by atoms with Gasteiger partial charge in [-0.2, -0.15) is 0 Å². The summed E-state index contributed by atoms with van der Waals surface area (Å²) in [6.45, 7) is 2.70. The quantitative estimate of drug-likeness (QED) is 0.785. The van der Waals surface area contributed by atoms with E-state index in [0.29, 0.717) is 0 Å². The molecule has 6 nitrogen and oxygen atoms in total. The third-order valence-electron chi connectivity index (χ3n) is 3.10. The molecule has 96 valence electrons. The standard InChI is InChI=1S/C12H18N6/c1(5-17-7-4-13-10-17)6-18-9-12(15-16-18)8-14-11-2-3-11/h4,7,9-11,14H,1-3,5-6,8H2. The second-order valence-electron chi connectivity index (χ2n) is 4.78. The van der Waals surface area contributed by atoms with Gasteiger partial charge in [0, 0.05) is 44.3 Å². The number of hydrogen-bond donors (Lipinski definition) is 1. The molecule has 6 heteroatoms. The topological polar surface area (TPSA) is 60.6 Å². The molecule has 1 fully saturated rings. The number of aryl methyl sites for hydroxylation is 2. The SMILES string of the molecule is c1cn(CCCn2cc(CNC3CC3)nn2)cn1. The minimum atomic E-state index is 0.719. The maximum Gasteiger partial charge on any atom is 0.0964 e. The zero-order valence-corrected chi connectivity index (χ0v) is 10.4. The van der Waals surface area contributed by atoms with Crippen molar-refractivity contribution in [3.8, 4) is 0 Å². The minimum absolute atomic E-state index is 0.719. The van der Waals surface area contributed by atoms with Gasteiger partial charge in [-0.05, 0) is 19.3 Å². The first-order chi connectivity index (χ1) is 8.90. The van der Waals surface area contributed by atoms with Crippen molar-refractivity contribution >= 4 is 0 Å². The Morgan fingerprint density at radius 1 is 1.33 bits per heavy atom. The number of nitrogens with zero attached hydrogens (tertiary/aromatic N) is 5. The Labute approximate surface area is 106 Å². The van der Waals surface area contributed by atoms with Crippen LogP contribution in [0, 0.1) is 0 Å². The molecule has 1 N–H and O–H groups in total. The molecule has 0 bridgehead atoms. The normalized spacial score (nSPS) is 15.1. The zero-order chi connectivity index (χ0) is 12.2. The number of nitrogens with one attached hydrogen (secondary N) is 1. The van der Waals surface area contributed by atoms with Crippen LogP contribution in [0.1, 0.15) is 25.0 Å². The van der Waals surface area contributed by atoms with Crippen LogP contribution in [0.2, 0.25) is 0 Å². The van der Waals surface area contributed by atoms with Gasteiger partial charge in [-0.15, -0.1) is 5.10 Å². The minimum Gasteiger partial charge on any atom is -0.337 e. The van der Waals surface area contributed by atoms with Crippen molar-refractivity contribution < 1.29 is 0 Å². The maximum atomic E-state index is 4.16. The summed E-state index contributed by atoms with van der Waals surface area (Å²) >= 11 is 0. The highest BCUT2D eigenvalue weighted by Crippen LogP contribution is 2.18. The lowest BCUT2D eigenvalue weighted by atomic mass is 10.4. The molecule has 0 aliphatic heterocycles. The highest BCUT2D eigenvalue weighted by Gasteiger charge is 2.20. The van der Waals surface area contributed by atoms with Crippen LogP contribution in [0.3, 0.4) is 0 Å². The van der Waals surface area contributed by atoms with Crippen molar-refractivity contribution in [2.75, 3.05) is 0 Å². The van der Waals surface area contributed by atoms with E-state index in [1.807, 2.05) is 23.4 Å². The number of rotatable bonds is 7. The van der Waals surface area contributed by atoms with Crippen molar-refractivity contribution in [3.63, 3.8) is 0 Å². The number of aromatic nitrogens is 5. The van der Waals surface area contributed by atoms with Gasteiger partial charge in [0.05, 0.1) is 12.0 Å². The van der Waals surface area contributed by atoms with Crippen LogP contribution in [-0.2, 0) is 19.6 Å². The Kier molecular flexibility index (Phi) is 3.36. The highest BCUT2D eigenvalue weighted by atomic mass is 15.4. The van der Waals surface area contributed by atoms with Crippen LogP contribution in [0.4, 0.5) is 0 Å². The smallest absolute Gasteiger partial charge is 0.0964 e. The van der Waals surface area contributed by atoms with Gasteiger partial charge in [0.25, 0.3) is 0 Å². The van der Waals surface area contributed by atoms with E-state index >= 15 is 0 Å². The van der Waals surface area contributed by atoms with Crippen LogP contribution in [0.15, 0.2) is 24.9 Å². The van der Waals surface area contributed by atoms with Crippen molar-refractivity contribution in [2.45, 2.75) is 44.9 Å².